The third-order valence-electron chi connectivity index (χ3n) is 4.67. The number of hydrogen-bond donors (Lipinski definition) is 1. The SMILES string of the molecule is COCCOc1ccc(Nc2nc(Oc3cccc([N+](=O)[O-])c3)c3ccn(C)c3n2)cc1F. The molecule has 4 aromatic rings. The molecule has 0 atom stereocenters. The molecule has 0 fully saturated rings. The van der Waals surface area contributed by atoms with Crippen molar-refractivity contribution in [3.63, 3.8) is 0 Å². The Morgan fingerprint density at radius 3 is 2.76 bits per heavy atom. The van der Waals surface area contributed by atoms with E-state index in [1.807, 2.05) is 7.05 Å². The molecule has 11 heteroatoms. The summed E-state index contributed by atoms with van der Waals surface area (Å²) in [5, 5.41) is 14.6. The molecule has 0 amide bonds. The minimum absolute atomic E-state index is 0.103. The van der Waals surface area contributed by atoms with Crippen molar-refractivity contribution in [2.24, 2.45) is 7.05 Å². The van der Waals surface area contributed by atoms with Crippen LogP contribution in [0, 0.1) is 15.9 Å². The van der Waals surface area contributed by atoms with Gasteiger partial charge in [-0.1, -0.05) is 6.07 Å². The van der Waals surface area contributed by atoms with E-state index >= 15 is 0 Å². The number of non-ortho nitro benzene ring substituents is 1. The average molecular weight is 453 g/mol. The summed E-state index contributed by atoms with van der Waals surface area (Å²) in [5.74, 6) is 0.165. The van der Waals surface area contributed by atoms with Gasteiger partial charge in [0, 0.05) is 38.2 Å². The lowest BCUT2D eigenvalue weighted by Gasteiger charge is -2.11. The second-order valence-corrected chi connectivity index (χ2v) is 6.98. The number of halogens is 1. The van der Waals surface area contributed by atoms with Gasteiger partial charge < -0.3 is 24.1 Å². The summed E-state index contributed by atoms with van der Waals surface area (Å²) in [6.07, 6.45) is 1.79. The van der Waals surface area contributed by atoms with Gasteiger partial charge in [0.15, 0.2) is 11.6 Å². The Labute approximate surface area is 187 Å². The number of ether oxygens (including phenoxy) is 3. The van der Waals surface area contributed by atoms with Crippen LogP contribution in [-0.4, -0.2) is 39.8 Å². The molecule has 0 saturated heterocycles. The minimum Gasteiger partial charge on any atom is -0.488 e. The molecule has 0 bridgehead atoms. The molecule has 2 aromatic carbocycles. The van der Waals surface area contributed by atoms with Crippen LogP contribution in [0.1, 0.15) is 0 Å². The zero-order valence-corrected chi connectivity index (χ0v) is 17.8. The van der Waals surface area contributed by atoms with Gasteiger partial charge >= 0.3 is 0 Å². The quantitative estimate of drug-likeness (QED) is 0.223. The van der Waals surface area contributed by atoms with E-state index < -0.39 is 10.7 Å². The van der Waals surface area contributed by atoms with E-state index in [4.69, 9.17) is 14.2 Å². The molecule has 0 aliphatic heterocycles. The molecule has 0 spiro atoms. The summed E-state index contributed by atoms with van der Waals surface area (Å²) in [6, 6.07) is 12.0. The third kappa shape index (κ3) is 4.99. The molecule has 10 nitrogen and oxygen atoms in total. The van der Waals surface area contributed by atoms with Crippen molar-refractivity contribution < 1.29 is 23.5 Å². The second kappa shape index (κ2) is 9.49. The van der Waals surface area contributed by atoms with E-state index in [0.717, 1.165) is 0 Å². The maximum Gasteiger partial charge on any atom is 0.273 e. The highest BCUT2D eigenvalue weighted by Crippen LogP contribution is 2.31. The number of nitrogens with zero attached hydrogens (tertiary/aromatic N) is 4. The number of rotatable bonds is 9. The van der Waals surface area contributed by atoms with Crippen molar-refractivity contribution in [1.29, 1.82) is 0 Å². The van der Waals surface area contributed by atoms with Crippen molar-refractivity contribution in [3.8, 4) is 17.4 Å². The summed E-state index contributed by atoms with van der Waals surface area (Å²) < 4.78 is 32.2. The number of hydrogen-bond acceptors (Lipinski definition) is 8. The first-order valence-corrected chi connectivity index (χ1v) is 9.88. The monoisotopic (exact) mass is 453 g/mol. The number of methoxy groups -OCH3 is 1. The van der Waals surface area contributed by atoms with Crippen LogP contribution in [0.4, 0.5) is 21.7 Å². The van der Waals surface area contributed by atoms with E-state index in [1.54, 1.807) is 29.0 Å². The highest BCUT2D eigenvalue weighted by Gasteiger charge is 2.15. The molecule has 4 rings (SSSR count). The summed E-state index contributed by atoms with van der Waals surface area (Å²) in [5.41, 5.74) is 0.863. The lowest BCUT2D eigenvalue weighted by Crippen LogP contribution is -2.06. The number of aryl methyl sites for hydroxylation is 1. The molecule has 1 N–H and O–H groups in total. The molecule has 0 aliphatic rings. The van der Waals surface area contributed by atoms with Gasteiger partial charge in [-0.3, -0.25) is 10.1 Å². The molecule has 2 heterocycles. The van der Waals surface area contributed by atoms with Gasteiger partial charge in [0.2, 0.25) is 11.8 Å². The van der Waals surface area contributed by atoms with Gasteiger partial charge in [-0.15, -0.1) is 0 Å². The maximum absolute atomic E-state index is 14.4. The summed E-state index contributed by atoms with van der Waals surface area (Å²) in [6.45, 7) is 0.573. The standard InChI is InChI=1S/C22H20FN5O5/c1-27-9-8-17-20(27)25-22(24-14-6-7-19(18(23)12-14)32-11-10-31-2)26-21(17)33-16-5-3-4-15(13-16)28(29)30/h3-9,12-13H,10-11H2,1-2H3,(H,24,25,26). The fourth-order valence-electron chi connectivity index (χ4n) is 3.07. The van der Waals surface area contributed by atoms with Crippen LogP contribution in [0.5, 0.6) is 17.4 Å². The Bertz CT molecular complexity index is 1310. The highest BCUT2D eigenvalue weighted by molar-refractivity contribution is 5.83. The fraction of sp³-hybridized carbons (Fsp3) is 0.182. The van der Waals surface area contributed by atoms with Crippen molar-refractivity contribution in [3.05, 3.63) is 70.7 Å². The molecule has 170 valence electrons. The van der Waals surface area contributed by atoms with Gasteiger partial charge in [0.25, 0.3) is 5.69 Å². The molecule has 0 unspecified atom stereocenters. The number of aromatic nitrogens is 3. The van der Waals surface area contributed by atoms with Crippen molar-refractivity contribution in [2.75, 3.05) is 25.6 Å². The van der Waals surface area contributed by atoms with Crippen LogP contribution in [-0.2, 0) is 11.8 Å². The Morgan fingerprint density at radius 2 is 2.00 bits per heavy atom. The summed E-state index contributed by atoms with van der Waals surface area (Å²) in [4.78, 5) is 19.4. The number of nitro benzene ring substituents is 1. The largest absolute Gasteiger partial charge is 0.488 e. The minimum atomic E-state index is -0.552. The Hall–Kier alpha value is -4.25. The number of benzene rings is 2. The third-order valence-corrected chi connectivity index (χ3v) is 4.67. The number of anilines is 2. The Balaban J connectivity index is 1.63. The molecular formula is C22H20FN5O5. The van der Waals surface area contributed by atoms with E-state index in [1.165, 1.54) is 37.4 Å². The number of fused-ring (bicyclic) bond motifs is 1. The first-order chi connectivity index (χ1) is 15.9. The topological polar surface area (TPSA) is 114 Å². The molecule has 33 heavy (non-hydrogen) atoms. The average Bonchev–Trinajstić information content (AvgIpc) is 3.16. The zero-order chi connectivity index (χ0) is 23.4. The molecule has 0 radical (unpaired) electrons. The van der Waals surface area contributed by atoms with Crippen molar-refractivity contribution in [2.45, 2.75) is 0 Å². The van der Waals surface area contributed by atoms with Gasteiger partial charge in [-0.2, -0.15) is 9.97 Å². The van der Waals surface area contributed by atoms with E-state index in [9.17, 15) is 14.5 Å². The van der Waals surface area contributed by atoms with Gasteiger partial charge in [-0.25, -0.2) is 4.39 Å². The molecule has 2 aromatic heterocycles. The van der Waals surface area contributed by atoms with Crippen molar-refractivity contribution >= 4 is 28.4 Å². The van der Waals surface area contributed by atoms with Crippen LogP contribution in [0.15, 0.2) is 54.7 Å². The normalized spacial score (nSPS) is 10.9. The maximum atomic E-state index is 14.4. The van der Waals surface area contributed by atoms with Gasteiger partial charge in [0.05, 0.1) is 23.0 Å². The second-order valence-electron chi connectivity index (χ2n) is 6.98. The van der Waals surface area contributed by atoms with E-state index in [2.05, 4.69) is 15.3 Å². The lowest BCUT2D eigenvalue weighted by atomic mass is 10.3. The number of nitro groups is 1. The van der Waals surface area contributed by atoms with E-state index in [0.29, 0.717) is 23.3 Å². The first-order valence-electron chi connectivity index (χ1n) is 9.88. The molecule has 0 saturated carbocycles. The van der Waals surface area contributed by atoms with Gasteiger partial charge in [0.1, 0.15) is 18.0 Å². The number of nitrogens with one attached hydrogen (secondary N) is 1. The van der Waals surface area contributed by atoms with Crippen LogP contribution >= 0.6 is 0 Å². The molecular weight excluding hydrogens is 433 g/mol. The summed E-state index contributed by atoms with van der Waals surface area (Å²) >= 11 is 0. The Morgan fingerprint density at radius 1 is 1.15 bits per heavy atom. The van der Waals surface area contributed by atoms with Crippen LogP contribution < -0.4 is 14.8 Å². The van der Waals surface area contributed by atoms with Gasteiger partial charge in [-0.05, 0) is 24.3 Å². The smallest absolute Gasteiger partial charge is 0.273 e. The zero-order valence-electron chi connectivity index (χ0n) is 17.8. The van der Waals surface area contributed by atoms with Crippen LogP contribution in [0.2, 0.25) is 0 Å². The van der Waals surface area contributed by atoms with E-state index in [-0.39, 0.29) is 35.6 Å². The van der Waals surface area contributed by atoms with Crippen molar-refractivity contribution in [1.82, 2.24) is 14.5 Å². The van der Waals surface area contributed by atoms with Crippen LogP contribution in [0.3, 0.4) is 0 Å². The predicted molar refractivity (Wildman–Crippen MR) is 119 cm³/mol. The Kier molecular flexibility index (Phi) is 6.31. The molecule has 0 aliphatic carbocycles. The summed E-state index contributed by atoms with van der Waals surface area (Å²) in [7, 11) is 3.34. The fourth-order valence-corrected chi connectivity index (χ4v) is 3.07. The highest BCUT2D eigenvalue weighted by atomic mass is 19.1. The first kappa shape index (κ1) is 22.0. The predicted octanol–water partition coefficient (Wildman–Crippen LogP) is 4.58. The van der Waals surface area contributed by atoms with Crippen LogP contribution in [0.25, 0.3) is 11.0 Å². The lowest BCUT2D eigenvalue weighted by molar-refractivity contribution is -0.384.